The van der Waals surface area contributed by atoms with Crippen LogP contribution >= 0.6 is 15.9 Å². The smallest absolute Gasteiger partial charge is 0.264 e. The molecule has 0 atom stereocenters. The van der Waals surface area contributed by atoms with E-state index in [-0.39, 0.29) is 4.90 Å². The van der Waals surface area contributed by atoms with E-state index in [2.05, 4.69) is 25.6 Å². The lowest BCUT2D eigenvalue weighted by Gasteiger charge is -2.07. The van der Waals surface area contributed by atoms with Crippen LogP contribution in [0.3, 0.4) is 0 Å². The van der Waals surface area contributed by atoms with E-state index in [9.17, 15) is 8.42 Å². The second-order valence-electron chi connectivity index (χ2n) is 4.64. The van der Waals surface area contributed by atoms with E-state index in [1.165, 1.54) is 6.20 Å². The van der Waals surface area contributed by atoms with Crippen LogP contribution in [-0.2, 0) is 10.0 Å². The Morgan fingerprint density at radius 2 is 1.86 bits per heavy atom. The molecule has 1 aromatic heterocycles. The van der Waals surface area contributed by atoms with Gasteiger partial charge >= 0.3 is 0 Å². The molecule has 22 heavy (non-hydrogen) atoms. The van der Waals surface area contributed by atoms with Gasteiger partial charge in [-0.3, -0.25) is 4.72 Å². The van der Waals surface area contributed by atoms with Crippen LogP contribution in [0.5, 0.6) is 0 Å². The monoisotopic (exact) mass is 375 g/mol. The molecule has 0 aliphatic carbocycles. The zero-order valence-corrected chi connectivity index (χ0v) is 13.6. The Morgan fingerprint density at radius 1 is 1.14 bits per heavy atom. The van der Waals surface area contributed by atoms with Gasteiger partial charge in [-0.05, 0) is 36.4 Å². The number of anilines is 1. The summed E-state index contributed by atoms with van der Waals surface area (Å²) in [7, 11) is -3.71. The molecular formula is C15H10BrN3O2S. The molecular weight excluding hydrogens is 366 g/mol. The number of aromatic amines is 1. The average Bonchev–Trinajstić information content (AvgIpc) is 2.91. The van der Waals surface area contributed by atoms with Crippen molar-refractivity contribution in [2.45, 2.75) is 4.90 Å². The van der Waals surface area contributed by atoms with Gasteiger partial charge in [-0.25, -0.2) is 8.42 Å². The number of H-pyrrole nitrogens is 1. The molecule has 7 heteroatoms. The minimum atomic E-state index is -3.71. The zero-order chi connectivity index (χ0) is 15.7. The van der Waals surface area contributed by atoms with Gasteiger partial charge < -0.3 is 4.98 Å². The maximum absolute atomic E-state index is 12.5. The summed E-state index contributed by atoms with van der Waals surface area (Å²) in [6.07, 6.45) is 1.46. The molecule has 3 rings (SSSR count). The summed E-state index contributed by atoms with van der Waals surface area (Å²) >= 11 is 3.35. The molecule has 5 nitrogen and oxygen atoms in total. The van der Waals surface area contributed by atoms with E-state index in [4.69, 9.17) is 5.26 Å². The third-order valence-electron chi connectivity index (χ3n) is 3.16. The largest absolute Gasteiger partial charge is 0.360 e. The van der Waals surface area contributed by atoms with Gasteiger partial charge in [0.05, 0.1) is 11.6 Å². The van der Waals surface area contributed by atoms with Crippen molar-refractivity contribution in [1.82, 2.24) is 4.98 Å². The number of hydrogen-bond acceptors (Lipinski definition) is 3. The van der Waals surface area contributed by atoms with E-state index in [1.54, 1.807) is 36.4 Å². The summed E-state index contributed by atoms with van der Waals surface area (Å²) in [5, 5.41) is 9.37. The molecule has 0 aliphatic heterocycles. The minimum absolute atomic E-state index is 0.180. The van der Waals surface area contributed by atoms with Crippen LogP contribution < -0.4 is 4.72 Å². The summed E-state index contributed by atoms with van der Waals surface area (Å²) in [4.78, 5) is 3.13. The van der Waals surface area contributed by atoms with Gasteiger partial charge in [0.2, 0.25) is 0 Å². The number of nitrogens with zero attached hydrogens (tertiary/aromatic N) is 1. The summed E-state index contributed by atoms with van der Waals surface area (Å²) < 4.78 is 28.4. The number of rotatable bonds is 3. The predicted octanol–water partition coefficient (Wildman–Crippen LogP) is 3.60. The molecule has 110 valence electrons. The fraction of sp³-hybridized carbons (Fsp3) is 0. The topological polar surface area (TPSA) is 85.8 Å². The highest BCUT2D eigenvalue weighted by atomic mass is 79.9. The Bertz CT molecular complexity index is 986. The lowest BCUT2D eigenvalue weighted by atomic mass is 10.2. The summed E-state index contributed by atoms with van der Waals surface area (Å²) in [6.45, 7) is 0. The molecule has 2 aromatic carbocycles. The van der Waals surface area contributed by atoms with Crippen molar-refractivity contribution >= 4 is 42.5 Å². The third kappa shape index (κ3) is 2.71. The molecule has 0 radical (unpaired) electrons. The van der Waals surface area contributed by atoms with Crippen molar-refractivity contribution in [3.63, 3.8) is 0 Å². The first-order chi connectivity index (χ1) is 10.5. The Labute approximate surface area is 135 Å². The van der Waals surface area contributed by atoms with Crippen LogP contribution in [0.4, 0.5) is 5.69 Å². The van der Waals surface area contributed by atoms with Crippen LogP contribution in [0.25, 0.3) is 10.9 Å². The third-order valence-corrected chi connectivity index (χ3v) is 5.08. The second-order valence-corrected chi connectivity index (χ2v) is 7.20. The van der Waals surface area contributed by atoms with Crippen LogP contribution in [0.15, 0.2) is 58.0 Å². The number of halogens is 1. The van der Waals surface area contributed by atoms with Crippen molar-refractivity contribution in [2.24, 2.45) is 0 Å². The summed E-state index contributed by atoms with van der Waals surface area (Å²) in [5.74, 6) is 0. The van der Waals surface area contributed by atoms with E-state index >= 15 is 0 Å². The summed E-state index contributed by atoms with van der Waals surface area (Å²) in [5.41, 5.74) is 1.61. The molecule has 0 bridgehead atoms. The number of nitriles is 1. The number of benzene rings is 2. The molecule has 0 unspecified atom stereocenters. The average molecular weight is 376 g/mol. The number of fused-ring (bicyclic) bond motifs is 1. The molecule has 2 N–H and O–H groups in total. The van der Waals surface area contributed by atoms with Gasteiger partial charge in [-0.2, -0.15) is 5.26 Å². The van der Waals surface area contributed by atoms with Gasteiger partial charge in [0.15, 0.2) is 0 Å². The summed E-state index contributed by atoms with van der Waals surface area (Å²) in [6, 6.07) is 13.6. The van der Waals surface area contributed by atoms with Gasteiger partial charge in [-0.15, -0.1) is 0 Å². The standard InChI is InChI=1S/C15H10BrN3O2S/c16-11-3-6-13-14(7-11)18-9-15(13)22(20,21)19-12-4-1-10(8-17)2-5-12/h1-7,9,18-19H. The Balaban J connectivity index is 1.99. The van der Waals surface area contributed by atoms with Crippen LogP contribution in [-0.4, -0.2) is 13.4 Å². The van der Waals surface area contributed by atoms with Crippen molar-refractivity contribution < 1.29 is 8.42 Å². The molecule has 0 amide bonds. The van der Waals surface area contributed by atoms with E-state index in [0.29, 0.717) is 16.6 Å². The molecule has 3 aromatic rings. The van der Waals surface area contributed by atoms with Gasteiger partial charge in [0, 0.05) is 27.3 Å². The van der Waals surface area contributed by atoms with Gasteiger partial charge in [0.1, 0.15) is 4.90 Å². The lowest BCUT2D eigenvalue weighted by molar-refractivity contribution is 0.602. The Kier molecular flexibility index (Phi) is 3.64. The SMILES string of the molecule is N#Cc1ccc(NS(=O)(=O)c2c[nH]c3cc(Br)ccc23)cc1. The Hall–Kier alpha value is -2.30. The normalized spacial score (nSPS) is 11.3. The number of hydrogen-bond donors (Lipinski definition) is 2. The molecule has 0 fully saturated rings. The maximum Gasteiger partial charge on any atom is 0.264 e. The maximum atomic E-state index is 12.5. The van der Waals surface area contributed by atoms with Crippen molar-refractivity contribution in [1.29, 1.82) is 5.26 Å². The lowest BCUT2D eigenvalue weighted by Crippen LogP contribution is -2.12. The second kappa shape index (κ2) is 5.48. The fourth-order valence-corrected chi connectivity index (χ4v) is 3.72. The van der Waals surface area contributed by atoms with Gasteiger partial charge in [-0.1, -0.05) is 22.0 Å². The minimum Gasteiger partial charge on any atom is -0.360 e. The van der Waals surface area contributed by atoms with E-state index in [1.807, 2.05) is 12.1 Å². The van der Waals surface area contributed by atoms with Crippen molar-refractivity contribution in [2.75, 3.05) is 4.72 Å². The van der Waals surface area contributed by atoms with E-state index < -0.39 is 10.0 Å². The van der Waals surface area contributed by atoms with Crippen LogP contribution in [0.1, 0.15) is 5.56 Å². The molecule has 0 saturated heterocycles. The van der Waals surface area contributed by atoms with Gasteiger partial charge in [0.25, 0.3) is 10.0 Å². The molecule has 0 aliphatic rings. The van der Waals surface area contributed by atoms with Crippen LogP contribution in [0.2, 0.25) is 0 Å². The number of sulfonamides is 1. The first-order valence-electron chi connectivity index (χ1n) is 6.29. The first kappa shape index (κ1) is 14.6. The fourth-order valence-electron chi connectivity index (χ4n) is 2.12. The molecule has 0 spiro atoms. The van der Waals surface area contributed by atoms with Crippen LogP contribution in [0, 0.1) is 11.3 Å². The Morgan fingerprint density at radius 3 is 2.55 bits per heavy atom. The number of nitrogens with one attached hydrogen (secondary N) is 2. The van der Waals surface area contributed by atoms with Crippen molar-refractivity contribution in [3.8, 4) is 6.07 Å². The first-order valence-corrected chi connectivity index (χ1v) is 8.57. The number of aromatic nitrogens is 1. The predicted molar refractivity (Wildman–Crippen MR) is 88.0 cm³/mol. The highest BCUT2D eigenvalue weighted by Gasteiger charge is 2.19. The quantitative estimate of drug-likeness (QED) is 0.732. The van der Waals surface area contributed by atoms with E-state index in [0.717, 1.165) is 9.99 Å². The molecule has 1 heterocycles. The van der Waals surface area contributed by atoms with Crippen molar-refractivity contribution in [3.05, 3.63) is 58.7 Å². The highest BCUT2D eigenvalue weighted by Crippen LogP contribution is 2.27. The zero-order valence-electron chi connectivity index (χ0n) is 11.2. The highest BCUT2D eigenvalue weighted by molar-refractivity contribution is 9.10. The molecule has 0 saturated carbocycles.